The first-order valence-electron chi connectivity index (χ1n) is 12.4. The Balaban J connectivity index is 1.36. The first kappa shape index (κ1) is 24.1. The van der Waals surface area contributed by atoms with Crippen molar-refractivity contribution in [3.8, 4) is 5.75 Å². The molecule has 188 valence electrons. The van der Waals surface area contributed by atoms with E-state index in [0.717, 1.165) is 49.7 Å². The van der Waals surface area contributed by atoms with Crippen LogP contribution in [0.3, 0.4) is 0 Å². The lowest BCUT2D eigenvalue weighted by Crippen LogP contribution is -2.47. The summed E-state index contributed by atoms with van der Waals surface area (Å²) in [5, 5.41) is 3.05. The number of nitrogens with one attached hydrogen (secondary N) is 1. The molecule has 5 rings (SSSR count). The van der Waals surface area contributed by atoms with E-state index in [9.17, 15) is 9.59 Å². The molecule has 1 N–H and O–H groups in total. The molecule has 2 aromatic carbocycles. The Morgan fingerprint density at radius 1 is 1.06 bits per heavy atom. The number of benzene rings is 2. The van der Waals surface area contributed by atoms with Gasteiger partial charge in [-0.05, 0) is 23.3 Å². The van der Waals surface area contributed by atoms with Crippen molar-refractivity contribution < 1.29 is 19.1 Å². The summed E-state index contributed by atoms with van der Waals surface area (Å²) in [5.41, 5.74) is 3.27. The van der Waals surface area contributed by atoms with Crippen molar-refractivity contribution in [1.82, 2.24) is 20.0 Å². The van der Waals surface area contributed by atoms with Crippen molar-refractivity contribution in [2.75, 3.05) is 52.5 Å². The number of ether oxygens (including phenoxy) is 2. The molecule has 2 aromatic rings. The van der Waals surface area contributed by atoms with Crippen LogP contribution in [0, 0.1) is 0 Å². The molecule has 0 spiro atoms. The van der Waals surface area contributed by atoms with E-state index < -0.39 is 6.04 Å². The van der Waals surface area contributed by atoms with E-state index in [4.69, 9.17) is 9.47 Å². The Morgan fingerprint density at radius 3 is 2.64 bits per heavy atom. The third kappa shape index (κ3) is 5.15. The van der Waals surface area contributed by atoms with Gasteiger partial charge in [-0.2, -0.15) is 0 Å². The van der Waals surface area contributed by atoms with Gasteiger partial charge in [0.15, 0.2) is 0 Å². The summed E-state index contributed by atoms with van der Waals surface area (Å²) in [5.74, 6) is 0.656. The molecular weight excluding hydrogens is 456 g/mol. The van der Waals surface area contributed by atoms with Gasteiger partial charge < -0.3 is 19.7 Å². The number of morpholine rings is 1. The summed E-state index contributed by atoms with van der Waals surface area (Å²) in [4.78, 5) is 32.5. The molecule has 3 heterocycles. The van der Waals surface area contributed by atoms with E-state index >= 15 is 0 Å². The van der Waals surface area contributed by atoms with E-state index in [1.165, 1.54) is 0 Å². The highest BCUT2D eigenvalue weighted by atomic mass is 16.5. The average molecular weight is 489 g/mol. The molecule has 1 atom stereocenters. The molecular formula is C28H32N4O4. The second kappa shape index (κ2) is 11.0. The Labute approximate surface area is 211 Å². The van der Waals surface area contributed by atoms with Crippen molar-refractivity contribution in [3.05, 3.63) is 89.6 Å². The van der Waals surface area contributed by atoms with Crippen molar-refractivity contribution in [3.63, 3.8) is 0 Å². The summed E-state index contributed by atoms with van der Waals surface area (Å²) >= 11 is 0. The lowest BCUT2D eigenvalue weighted by atomic mass is 9.95. The van der Waals surface area contributed by atoms with Crippen LogP contribution in [0.25, 0.3) is 0 Å². The van der Waals surface area contributed by atoms with Crippen molar-refractivity contribution in [2.24, 2.45) is 0 Å². The molecule has 1 saturated heterocycles. The molecule has 8 heteroatoms. The van der Waals surface area contributed by atoms with E-state index in [-0.39, 0.29) is 11.9 Å². The van der Waals surface area contributed by atoms with Gasteiger partial charge in [0.25, 0.3) is 5.91 Å². The van der Waals surface area contributed by atoms with Crippen LogP contribution in [0.2, 0.25) is 0 Å². The van der Waals surface area contributed by atoms with Gasteiger partial charge in [0.05, 0.1) is 37.1 Å². The summed E-state index contributed by atoms with van der Waals surface area (Å²) in [6, 6.07) is 16.8. The van der Waals surface area contributed by atoms with E-state index in [1.54, 1.807) is 11.0 Å². The molecule has 0 aromatic heterocycles. The largest absolute Gasteiger partial charge is 0.489 e. The number of hydrogen-bond acceptors (Lipinski definition) is 5. The van der Waals surface area contributed by atoms with E-state index in [2.05, 4.69) is 16.8 Å². The van der Waals surface area contributed by atoms with Crippen molar-refractivity contribution >= 4 is 11.9 Å². The van der Waals surface area contributed by atoms with Crippen LogP contribution in [-0.2, 0) is 16.1 Å². The second-order valence-corrected chi connectivity index (χ2v) is 9.17. The smallest absolute Gasteiger partial charge is 0.322 e. The van der Waals surface area contributed by atoms with Crippen LogP contribution >= 0.6 is 0 Å². The predicted molar refractivity (Wildman–Crippen MR) is 136 cm³/mol. The number of nitrogens with zero attached hydrogens (tertiary/aromatic N) is 3. The zero-order valence-electron chi connectivity index (χ0n) is 20.4. The fraction of sp³-hybridized carbons (Fsp3) is 0.357. The average Bonchev–Trinajstić information content (AvgIpc) is 3.25. The molecule has 0 bridgehead atoms. The third-order valence-corrected chi connectivity index (χ3v) is 6.84. The summed E-state index contributed by atoms with van der Waals surface area (Å²) in [6.07, 6.45) is 1.68. The van der Waals surface area contributed by atoms with Gasteiger partial charge in [-0.1, -0.05) is 48.5 Å². The van der Waals surface area contributed by atoms with Crippen molar-refractivity contribution in [2.45, 2.75) is 12.6 Å². The molecule has 1 unspecified atom stereocenters. The normalized spacial score (nSPS) is 20.4. The van der Waals surface area contributed by atoms with Crippen LogP contribution in [0.1, 0.15) is 17.2 Å². The minimum Gasteiger partial charge on any atom is -0.489 e. The highest BCUT2D eigenvalue weighted by Gasteiger charge is 2.43. The molecule has 0 saturated carbocycles. The molecule has 3 aliphatic rings. The molecule has 3 amide bonds. The fourth-order valence-corrected chi connectivity index (χ4v) is 4.91. The fourth-order valence-electron chi connectivity index (χ4n) is 4.91. The quantitative estimate of drug-likeness (QED) is 0.550. The van der Waals surface area contributed by atoms with Crippen molar-refractivity contribution in [1.29, 1.82) is 0 Å². The Hall–Kier alpha value is -3.62. The van der Waals surface area contributed by atoms with Gasteiger partial charge in [0, 0.05) is 32.7 Å². The molecule has 36 heavy (non-hydrogen) atoms. The number of carbonyl (C=O) groups is 2. The lowest BCUT2D eigenvalue weighted by molar-refractivity contribution is -0.126. The topological polar surface area (TPSA) is 74.4 Å². The highest BCUT2D eigenvalue weighted by Crippen LogP contribution is 2.37. The SMILES string of the molecule is C=CCN1C(=O)NC(c2cccc(OCc3ccccc3)c2)C2=C1CN(CCN1CCOCC1)C2=O. The lowest BCUT2D eigenvalue weighted by Gasteiger charge is -2.33. The minimum absolute atomic E-state index is 0.0343. The number of rotatable bonds is 9. The Morgan fingerprint density at radius 2 is 1.86 bits per heavy atom. The first-order valence-corrected chi connectivity index (χ1v) is 12.4. The number of urea groups is 1. The second-order valence-electron chi connectivity index (χ2n) is 9.17. The molecule has 3 aliphatic heterocycles. The Bertz CT molecular complexity index is 1140. The van der Waals surface area contributed by atoms with Gasteiger partial charge in [0.2, 0.25) is 0 Å². The van der Waals surface area contributed by atoms with Gasteiger partial charge in [-0.15, -0.1) is 6.58 Å². The van der Waals surface area contributed by atoms with Crippen LogP contribution in [0.15, 0.2) is 78.5 Å². The van der Waals surface area contributed by atoms with Crippen LogP contribution < -0.4 is 10.1 Å². The van der Waals surface area contributed by atoms with Crippen LogP contribution in [-0.4, -0.2) is 79.1 Å². The molecule has 0 aliphatic carbocycles. The number of carbonyl (C=O) groups excluding carboxylic acids is 2. The summed E-state index contributed by atoms with van der Waals surface area (Å²) in [7, 11) is 0. The monoisotopic (exact) mass is 488 g/mol. The highest BCUT2D eigenvalue weighted by molar-refractivity contribution is 6.01. The maximum absolute atomic E-state index is 13.6. The van der Waals surface area contributed by atoms with E-state index in [1.807, 2.05) is 59.5 Å². The van der Waals surface area contributed by atoms with Gasteiger partial charge in [-0.3, -0.25) is 14.6 Å². The van der Waals surface area contributed by atoms with Gasteiger partial charge >= 0.3 is 6.03 Å². The minimum atomic E-state index is -0.533. The summed E-state index contributed by atoms with van der Waals surface area (Å²) in [6.45, 7) is 9.58. The van der Waals surface area contributed by atoms with Crippen LogP contribution in [0.5, 0.6) is 5.75 Å². The maximum atomic E-state index is 13.6. The first-order chi connectivity index (χ1) is 17.6. The predicted octanol–water partition coefficient (Wildman–Crippen LogP) is 2.95. The number of amides is 3. The third-order valence-electron chi connectivity index (χ3n) is 6.84. The maximum Gasteiger partial charge on any atom is 0.322 e. The molecule has 1 fully saturated rings. The van der Waals surface area contributed by atoms with E-state index in [0.29, 0.717) is 37.6 Å². The van der Waals surface area contributed by atoms with Gasteiger partial charge in [-0.25, -0.2) is 4.79 Å². The number of hydrogen-bond donors (Lipinski definition) is 1. The van der Waals surface area contributed by atoms with Crippen LogP contribution in [0.4, 0.5) is 4.79 Å². The zero-order valence-corrected chi connectivity index (χ0v) is 20.4. The zero-order chi connectivity index (χ0) is 24.9. The van der Waals surface area contributed by atoms with Gasteiger partial charge in [0.1, 0.15) is 12.4 Å². The summed E-state index contributed by atoms with van der Waals surface area (Å²) < 4.78 is 11.4. The Kier molecular flexibility index (Phi) is 7.34. The standard InChI is InChI=1S/C28H32N4O4/c1-2-11-32-24-19-31(13-12-30-14-16-35-17-15-30)27(33)25(24)26(29-28(32)34)22-9-6-10-23(18-22)36-20-21-7-4-3-5-8-21/h2-10,18,26H,1,11-17,19-20H2,(H,29,34). The molecule has 0 radical (unpaired) electrons. The molecule has 8 nitrogen and oxygen atoms in total.